The Labute approximate surface area is 158 Å². The van der Waals surface area contributed by atoms with Crippen LogP contribution in [0.1, 0.15) is 23.1 Å². The quantitative estimate of drug-likeness (QED) is 0.706. The highest BCUT2D eigenvalue weighted by atomic mass is 35.5. The van der Waals surface area contributed by atoms with Crippen LogP contribution in [0.4, 0.5) is 0 Å². The van der Waals surface area contributed by atoms with Crippen molar-refractivity contribution in [1.29, 1.82) is 0 Å². The number of benzene rings is 2. The van der Waals surface area contributed by atoms with Crippen LogP contribution >= 0.6 is 11.6 Å². The van der Waals surface area contributed by atoms with Gasteiger partial charge in [-0.1, -0.05) is 53.6 Å². The molecule has 0 spiro atoms. The molecule has 0 radical (unpaired) electrons. The van der Waals surface area contributed by atoms with E-state index in [1.807, 2.05) is 37.5 Å². The van der Waals surface area contributed by atoms with Gasteiger partial charge in [-0.15, -0.1) is 0 Å². The van der Waals surface area contributed by atoms with Gasteiger partial charge in [0.1, 0.15) is 0 Å². The van der Waals surface area contributed by atoms with Crippen molar-refractivity contribution in [2.75, 3.05) is 0 Å². The SMILES string of the molecule is Cc1ccc(-c2nn(C)cc2CCC(=O)NCc2ccc(Cl)cc2)cc1. The Bertz CT molecular complexity index is 883. The second-order valence-corrected chi connectivity index (χ2v) is 6.88. The van der Waals surface area contributed by atoms with Crippen LogP contribution < -0.4 is 5.32 Å². The van der Waals surface area contributed by atoms with E-state index in [0.29, 0.717) is 24.4 Å². The van der Waals surface area contributed by atoms with Crippen LogP contribution in [0, 0.1) is 6.92 Å². The molecular formula is C21H22ClN3O. The lowest BCUT2D eigenvalue weighted by atomic mass is 10.0. The maximum Gasteiger partial charge on any atom is 0.220 e. The topological polar surface area (TPSA) is 46.9 Å². The van der Waals surface area contributed by atoms with E-state index in [4.69, 9.17) is 11.6 Å². The van der Waals surface area contributed by atoms with Gasteiger partial charge in [0.05, 0.1) is 5.69 Å². The molecule has 1 aromatic heterocycles. The third-order valence-corrected chi connectivity index (χ3v) is 4.51. The molecule has 4 nitrogen and oxygen atoms in total. The summed E-state index contributed by atoms with van der Waals surface area (Å²) < 4.78 is 1.80. The molecule has 0 fully saturated rings. The molecule has 0 saturated carbocycles. The Morgan fingerprint density at radius 3 is 2.50 bits per heavy atom. The maximum atomic E-state index is 12.2. The third kappa shape index (κ3) is 4.73. The third-order valence-electron chi connectivity index (χ3n) is 4.25. The van der Waals surface area contributed by atoms with Crippen LogP contribution in [0.15, 0.2) is 54.7 Å². The maximum absolute atomic E-state index is 12.2. The normalized spacial score (nSPS) is 10.7. The van der Waals surface area contributed by atoms with E-state index in [0.717, 1.165) is 22.4 Å². The summed E-state index contributed by atoms with van der Waals surface area (Å²) in [6.07, 6.45) is 3.07. The van der Waals surface area contributed by atoms with Gasteiger partial charge in [0.2, 0.25) is 5.91 Å². The fraction of sp³-hybridized carbons (Fsp3) is 0.238. The highest BCUT2D eigenvalue weighted by Gasteiger charge is 2.12. The molecule has 0 unspecified atom stereocenters. The first-order chi connectivity index (χ1) is 12.5. The first kappa shape index (κ1) is 18.2. The molecule has 0 aliphatic carbocycles. The highest BCUT2D eigenvalue weighted by Crippen LogP contribution is 2.23. The summed E-state index contributed by atoms with van der Waals surface area (Å²) in [5, 5.41) is 8.21. The van der Waals surface area contributed by atoms with Gasteiger partial charge in [-0.25, -0.2) is 0 Å². The van der Waals surface area contributed by atoms with Gasteiger partial charge in [0, 0.05) is 36.8 Å². The fourth-order valence-corrected chi connectivity index (χ4v) is 2.94. The molecule has 26 heavy (non-hydrogen) atoms. The Kier molecular flexibility index (Phi) is 5.74. The number of hydrogen-bond acceptors (Lipinski definition) is 2. The van der Waals surface area contributed by atoms with E-state index < -0.39 is 0 Å². The van der Waals surface area contributed by atoms with Crippen molar-refractivity contribution >= 4 is 17.5 Å². The second kappa shape index (κ2) is 8.19. The molecule has 5 heteroatoms. The van der Waals surface area contributed by atoms with Crippen molar-refractivity contribution in [2.45, 2.75) is 26.3 Å². The molecule has 3 aromatic rings. The lowest BCUT2D eigenvalue weighted by molar-refractivity contribution is -0.121. The molecule has 134 valence electrons. The zero-order valence-electron chi connectivity index (χ0n) is 15.0. The van der Waals surface area contributed by atoms with E-state index in [-0.39, 0.29) is 5.91 Å². The predicted octanol–water partition coefficient (Wildman–Crippen LogP) is 4.30. The number of nitrogens with one attached hydrogen (secondary N) is 1. The molecular weight excluding hydrogens is 346 g/mol. The lowest BCUT2D eigenvalue weighted by Crippen LogP contribution is -2.22. The van der Waals surface area contributed by atoms with Crippen LogP contribution in [-0.2, 0) is 24.8 Å². The number of amides is 1. The number of carbonyl (C=O) groups is 1. The van der Waals surface area contributed by atoms with Crippen LogP contribution in [0.3, 0.4) is 0 Å². The van der Waals surface area contributed by atoms with E-state index >= 15 is 0 Å². The van der Waals surface area contributed by atoms with Crippen LogP contribution in [0.25, 0.3) is 11.3 Å². The van der Waals surface area contributed by atoms with Crippen molar-refractivity contribution in [1.82, 2.24) is 15.1 Å². The molecule has 0 saturated heterocycles. The van der Waals surface area contributed by atoms with Crippen molar-refractivity contribution < 1.29 is 4.79 Å². The molecule has 1 heterocycles. The van der Waals surface area contributed by atoms with Crippen molar-refractivity contribution in [3.8, 4) is 11.3 Å². The standard InChI is InChI=1S/C21H22ClN3O/c1-15-3-7-17(8-4-15)21-18(14-25(2)24-21)9-12-20(26)23-13-16-5-10-19(22)11-6-16/h3-8,10-11,14H,9,12-13H2,1-2H3,(H,23,26). The summed E-state index contributed by atoms with van der Waals surface area (Å²) in [5.74, 6) is 0.0265. The Hall–Kier alpha value is -2.59. The Balaban J connectivity index is 1.60. The van der Waals surface area contributed by atoms with Crippen LogP contribution in [-0.4, -0.2) is 15.7 Å². The van der Waals surface area contributed by atoms with Crippen molar-refractivity contribution in [2.24, 2.45) is 7.05 Å². The number of aromatic nitrogens is 2. The molecule has 0 aliphatic heterocycles. The van der Waals surface area contributed by atoms with E-state index in [1.54, 1.807) is 4.68 Å². The number of nitrogens with zero attached hydrogens (tertiary/aromatic N) is 2. The van der Waals surface area contributed by atoms with Gasteiger partial charge >= 0.3 is 0 Å². The molecule has 2 aromatic carbocycles. The highest BCUT2D eigenvalue weighted by molar-refractivity contribution is 6.30. The molecule has 0 aliphatic rings. The zero-order chi connectivity index (χ0) is 18.5. The minimum Gasteiger partial charge on any atom is -0.352 e. The average molecular weight is 368 g/mol. The van der Waals surface area contributed by atoms with E-state index in [2.05, 4.69) is 41.6 Å². The van der Waals surface area contributed by atoms with Crippen molar-refractivity contribution in [3.05, 3.63) is 76.4 Å². The summed E-state index contributed by atoms with van der Waals surface area (Å²) in [6, 6.07) is 15.8. The van der Waals surface area contributed by atoms with Gasteiger partial charge in [0.25, 0.3) is 0 Å². The van der Waals surface area contributed by atoms with Gasteiger partial charge in [-0.2, -0.15) is 5.10 Å². The number of carbonyl (C=O) groups excluding carboxylic acids is 1. The van der Waals surface area contributed by atoms with Crippen molar-refractivity contribution in [3.63, 3.8) is 0 Å². The molecule has 0 bridgehead atoms. The summed E-state index contributed by atoms with van der Waals surface area (Å²) in [6.45, 7) is 2.57. The van der Waals surface area contributed by atoms with Gasteiger partial charge < -0.3 is 5.32 Å². The van der Waals surface area contributed by atoms with Crippen LogP contribution in [0.2, 0.25) is 5.02 Å². The lowest BCUT2D eigenvalue weighted by Gasteiger charge is -2.06. The number of aryl methyl sites for hydroxylation is 3. The smallest absolute Gasteiger partial charge is 0.220 e. The van der Waals surface area contributed by atoms with Crippen LogP contribution in [0.5, 0.6) is 0 Å². The summed E-state index contributed by atoms with van der Waals surface area (Å²) in [5.41, 5.74) is 5.35. The van der Waals surface area contributed by atoms with Gasteiger partial charge in [0.15, 0.2) is 0 Å². The first-order valence-corrected chi connectivity index (χ1v) is 9.00. The predicted molar refractivity (Wildman–Crippen MR) is 105 cm³/mol. The fourth-order valence-electron chi connectivity index (χ4n) is 2.81. The number of rotatable bonds is 6. The zero-order valence-corrected chi connectivity index (χ0v) is 15.8. The molecule has 3 rings (SSSR count). The second-order valence-electron chi connectivity index (χ2n) is 6.45. The number of halogens is 1. The van der Waals surface area contributed by atoms with E-state index in [9.17, 15) is 4.79 Å². The molecule has 0 atom stereocenters. The first-order valence-electron chi connectivity index (χ1n) is 8.62. The summed E-state index contributed by atoms with van der Waals surface area (Å²) in [4.78, 5) is 12.2. The number of hydrogen-bond donors (Lipinski definition) is 1. The summed E-state index contributed by atoms with van der Waals surface area (Å²) >= 11 is 5.87. The largest absolute Gasteiger partial charge is 0.352 e. The molecule has 1 N–H and O–H groups in total. The average Bonchev–Trinajstić information content (AvgIpc) is 3.01. The minimum absolute atomic E-state index is 0.0265. The Morgan fingerprint density at radius 2 is 1.81 bits per heavy atom. The minimum atomic E-state index is 0.0265. The summed E-state index contributed by atoms with van der Waals surface area (Å²) in [7, 11) is 1.90. The molecule has 1 amide bonds. The Morgan fingerprint density at radius 1 is 1.12 bits per heavy atom. The van der Waals surface area contributed by atoms with Gasteiger partial charge in [-0.3, -0.25) is 9.48 Å². The monoisotopic (exact) mass is 367 g/mol. The van der Waals surface area contributed by atoms with E-state index in [1.165, 1.54) is 5.56 Å². The van der Waals surface area contributed by atoms with Gasteiger partial charge in [-0.05, 0) is 36.6 Å².